The maximum absolute atomic E-state index is 11.6. The van der Waals surface area contributed by atoms with Crippen molar-refractivity contribution in [3.8, 4) is 11.5 Å². The van der Waals surface area contributed by atoms with Gasteiger partial charge in [0.15, 0.2) is 0 Å². The fourth-order valence-electron chi connectivity index (χ4n) is 9.94. The zero-order valence-corrected chi connectivity index (χ0v) is 22.6. The van der Waals surface area contributed by atoms with Crippen molar-refractivity contribution in [2.75, 3.05) is 0 Å². The van der Waals surface area contributed by atoms with Crippen molar-refractivity contribution >= 4 is 0 Å². The van der Waals surface area contributed by atoms with E-state index in [-0.39, 0.29) is 46.3 Å². The molecule has 0 aromatic heterocycles. The molecular formula is C36H32O4. The van der Waals surface area contributed by atoms with Gasteiger partial charge in [0, 0.05) is 57.5 Å². The largest absolute Gasteiger partial charge is 0.464 e. The second-order valence-corrected chi connectivity index (χ2v) is 13.0. The third-order valence-corrected chi connectivity index (χ3v) is 11.5. The smallest absolute Gasteiger partial charge is 0.201 e. The van der Waals surface area contributed by atoms with E-state index in [1.165, 1.54) is 33.4 Å². The molecule has 4 nitrogen and oxygen atoms in total. The first-order chi connectivity index (χ1) is 19.4. The molecule has 40 heavy (non-hydrogen) atoms. The van der Waals surface area contributed by atoms with Gasteiger partial charge in [-0.25, -0.2) is 0 Å². The molecule has 4 heteroatoms. The normalized spacial score (nSPS) is 39.1. The van der Waals surface area contributed by atoms with Gasteiger partial charge in [-0.3, -0.25) is 0 Å². The van der Waals surface area contributed by atoms with Crippen LogP contribution in [0.3, 0.4) is 0 Å². The standard InChI is InChI=1S/C36H32O4/c1-35-23-15-13-22-18-25(23)39-33(37)31(35)27(19-9-5-3-6-10-19)29(35)21-14-16-24-26(17-21)40-34(38)32-28(30(22)36(24,32)2)20-11-7-4-8-12-20/h3-18,27-34,37-38H,1-2H3/t27-,28+,29?,30?,31-,32+,33?,34?,35-,36+. The van der Waals surface area contributed by atoms with Crippen LogP contribution in [0.2, 0.25) is 0 Å². The van der Waals surface area contributed by atoms with Crippen LogP contribution in [0.15, 0.2) is 97.1 Å². The molecule has 2 aliphatic heterocycles. The number of hydrogen-bond acceptors (Lipinski definition) is 4. The highest BCUT2D eigenvalue weighted by atomic mass is 16.6. The lowest BCUT2D eigenvalue weighted by atomic mass is 9.39. The summed E-state index contributed by atoms with van der Waals surface area (Å²) >= 11 is 0. The van der Waals surface area contributed by atoms with Crippen molar-refractivity contribution in [2.45, 2.75) is 60.9 Å². The zero-order chi connectivity index (χ0) is 27.0. The van der Waals surface area contributed by atoms with Crippen molar-refractivity contribution in [1.29, 1.82) is 0 Å². The Morgan fingerprint density at radius 2 is 0.925 bits per heavy atom. The van der Waals surface area contributed by atoms with E-state index >= 15 is 0 Å². The summed E-state index contributed by atoms with van der Waals surface area (Å²) in [6.07, 6.45) is -1.79. The zero-order valence-electron chi connectivity index (χ0n) is 22.6. The molecule has 2 fully saturated rings. The van der Waals surface area contributed by atoms with Crippen LogP contribution in [-0.4, -0.2) is 22.8 Å². The van der Waals surface area contributed by atoms with Crippen molar-refractivity contribution in [1.82, 2.24) is 0 Å². The Hall–Kier alpha value is -3.60. The molecule has 2 heterocycles. The first-order valence-corrected chi connectivity index (χ1v) is 14.5. The molecule has 4 aromatic carbocycles. The Labute approximate surface area is 234 Å². The topological polar surface area (TPSA) is 58.9 Å². The molecule has 200 valence electrons. The Kier molecular flexibility index (Phi) is 4.38. The van der Waals surface area contributed by atoms with Crippen molar-refractivity contribution < 1.29 is 19.7 Å². The number of hydrogen-bond donors (Lipinski definition) is 2. The van der Waals surface area contributed by atoms with Gasteiger partial charge in [-0.15, -0.1) is 0 Å². The molecule has 4 aromatic rings. The lowest BCUT2D eigenvalue weighted by molar-refractivity contribution is -0.163. The minimum atomic E-state index is -0.896. The Balaban J connectivity index is 1.32. The van der Waals surface area contributed by atoms with Crippen LogP contribution in [-0.2, 0) is 10.8 Å². The molecular weight excluding hydrogens is 496 g/mol. The molecule has 0 spiro atoms. The Bertz CT molecular complexity index is 1540. The average molecular weight is 529 g/mol. The number of ether oxygens (including phenoxy) is 2. The molecule has 2 saturated carbocycles. The second kappa shape index (κ2) is 7.57. The maximum atomic E-state index is 11.6. The van der Waals surface area contributed by atoms with Crippen LogP contribution in [0, 0.1) is 11.8 Å². The van der Waals surface area contributed by atoms with Gasteiger partial charge in [-0.1, -0.05) is 98.8 Å². The predicted octanol–water partition coefficient (Wildman–Crippen LogP) is 6.33. The number of aliphatic hydroxyl groups is 2. The molecule has 8 aliphatic rings. The van der Waals surface area contributed by atoms with Crippen LogP contribution in [0.5, 0.6) is 11.5 Å². The van der Waals surface area contributed by atoms with Crippen LogP contribution < -0.4 is 9.47 Å². The predicted molar refractivity (Wildman–Crippen MR) is 152 cm³/mol. The van der Waals surface area contributed by atoms with Crippen LogP contribution in [0.1, 0.15) is 70.9 Å². The van der Waals surface area contributed by atoms with Gasteiger partial charge >= 0.3 is 0 Å². The van der Waals surface area contributed by atoms with Gasteiger partial charge in [0.1, 0.15) is 11.5 Å². The minimum absolute atomic E-state index is 0.0841. The maximum Gasteiger partial charge on any atom is 0.201 e. The molecule has 0 amide bonds. The first kappa shape index (κ1) is 23.1. The molecule has 8 bridgehead atoms. The Morgan fingerprint density at radius 1 is 0.525 bits per heavy atom. The molecule has 4 unspecified atom stereocenters. The van der Waals surface area contributed by atoms with E-state index in [2.05, 4.69) is 98.8 Å². The number of benzene rings is 4. The van der Waals surface area contributed by atoms with Crippen molar-refractivity contribution in [3.63, 3.8) is 0 Å². The average Bonchev–Trinajstić information content (AvgIpc) is 2.94. The van der Waals surface area contributed by atoms with E-state index in [0.29, 0.717) is 0 Å². The molecule has 0 saturated heterocycles. The molecule has 12 rings (SSSR count). The summed E-state index contributed by atoms with van der Waals surface area (Å²) in [5, 5.41) is 23.1. The van der Waals surface area contributed by atoms with E-state index in [9.17, 15) is 10.2 Å². The van der Waals surface area contributed by atoms with E-state index in [4.69, 9.17) is 9.47 Å². The van der Waals surface area contributed by atoms with E-state index in [1.807, 2.05) is 12.1 Å². The van der Waals surface area contributed by atoms with Crippen LogP contribution in [0.4, 0.5) is 0 Å². The molecule has 6 aliphatic carbocycles. The van der Waals surface area contributed by atoms with Gasteiger partial charge in [-0.2, -0.15) is 0 Å². The SMILES string of the molecule is C[C@@]12c3ccc4cc3OC(O)[C@@H]1[C@@H](c1ccccc1)C2c1ccc2c(c1)OC(O)[C@H]1[C@H](c3ccccc3)C4[C@@]21C. The third-order valence-electron chi connectivity index (χ3n) is 11.5. The number of aliphatic hydroxyl groups excluding tert-OH is 2. The first-order valence-electron chi connectivity index (χ1n) is 14.5. The lowest BCUT2D eigenvalue weighted by Gasteiger charge is -2.66. The quantitative estimate of drug-likeness (QED) is 0.319. The highest BCUT2D eigenvalue weighted by Gasteiger charge is 2.69. The summed E-state index contributed by atoms with van der Waals surface area (Å²) in [6.45, 7) is 4.59. The summed E-state index contributed by atoms with van der Waals surface area (Å²) in [5.74, 6) is 1.83. The van der Waals surface area contributed by atoms with Gasteiger partial charge in [0.25, 0.3) is 0 Å². The fraction of sp³-hybridized carbons (Fsp3) is 0.333. The van der Waals surface area contributed by atoms with Crippen molar-refractivity contribution in [2.24, 2.45) is 11.8 Å². The van der Waals surface area contributed by atoms with Crippen molar-refractivity contribution in [3.05, 3.63) is 130 Å². The van der Waals surface area contributed by atoms with Gasteiger partial charge < -0.3 is 19.7 Å². The summed E-state index contributed by atoms with van der Waals surface area (Å²) in [4.78, 5) is 0. The van der Waals surface area contributed by atoms with Crippen LogP contribution in [0.25, 0.3) is 0 Å². The second-order valence-electron chi connectivity index (χ2n) is 13.0. The Morgan fingerprint density at radius 3 is 1.32 bits per heavy atom. The fourth-order valence-corrected chi connectivity index (χ4v) is 9.94. The van der Waals surface area contributed by atoms with E-state index in [0.717, 1.165) is 11.5 Å². The van der Waals surface area contributed by atoms with Gasteiger partial charge in [0.05, 0.1) is 0 Å². The number of rotatable bonds is 2. The van der Waals surface area contributed by atoms with E-state index in [1.54, 1.807) is 0 Å². The van der Waals surface area contributed by atoms with E-state index < -0.39 is 12.6 Å². The summed E-state index contributed by atoms with van der Waals surface area (Å²) < 4.78 is 12.8. The molecule has 0 radical (unpaired) electrons. The highest BCUT2D eigenvalue weighted by Crippen LogP contribution is 2.73. The van der Waals surface area contributed by atoms with Gasteiger partial charge in [-0.05, 0) is 34.4 Å². The van der Waals surface area contributed by atoms with Crippen LogP contribution >= 0.6 is 0 Å². The highest BCUT2D eigenvalue weighted by molar-refractivity contribution is 5.61. The third kappa shape index (κ3) is 2.56. The minimum Gasteiger partial charge on any atom is -0.464 e. The monoisotopic (exact) mass is 528 g/mol. The molecule has 10 atom stereocenters. The van der Waals surface area contributed by atoms with Gasteiger partial charge in [0.2, 0.25) is 12.6 Å². The summed E-state index contributed by atoms with van der Waals surface area (Å²) in [6, 6.07) is 34.5. The molecule has 2 N–H and O–H groups in total. The summed E-state index contributed by atoms with van der Waals surface area (Å²) in [7, 11) is 0. The lowest BCUT2D eigenvalue weighted by Crippen LogP contribution is -2.64. The summed E-state index contributed by atoms with van der Waals surface area (Å²) in [5.41, 5.74) is 6.47.